The number of hydrogen-bond acceptors (Lipinski definition) is 6. The van der Waals surface area contributed by atoms with E-state index in [0.717, 1.165) is 4.90 Å². The van der Waals surface area contributed by atoms with Gasteiger partial charge < -0.3 is 10.2 Å². The number of nitrogens with zero attached hydrogens (tertiary/aromatic N) is 4. The molecule has 0 saturated carbocycles. The van der Waals surface area contributed by atoms with Gasteiger partial charge in [-0.1, -0.05) is 0 Å². The summed E-state index contributed by atoms with van der Waals surface area (Å²) in [7, 11) is 1.35. The number of alkyl halides is 3. The molecule has 29 heavy (non-hydrogen) atoms. The van der Waals surface area contributed by atoms with E-state index in [-0.39, 0.29) is 17.3 Å². The molecule has 1 N–H and O–H groups in total. The Bertz CT molecular complexity index is 1020. The summed E-state index contributed by atoms with van der Waals surface area (Å²) in [6.07, 6.45) is -4.09. The second-order valence-corrected chi connectivity index (χ2v) is 5.89. The van der Waals surface area contributed by atoms with Crippen LogP contribution in [0.25, 0.3) is 0 Å². The molecule has 3 aromatic rings. The monoisotopic (exact) mass is 407 g/mol. The summed E-state index contributed by atoms with van der Waals surface area (Å²) in [5.74, 6) is -1.05. The molecule has 7 nitrogen and oxygen atoms in total. The maximum absolute atomic E-state index is 13.4. The van der Waals surface area contributed by atoms with E-state index in [0.29, 0.717) is 11.9 Å². The highest BCUT2D eigenvalue weighted by atomic mass is 19.4. The molecule has 0 atom stereocenters. The first-order valence-electron chi connectivity index (χ1n) is 8.10. The summed E-state index contributed by atoms with van der Waals surface area (Å²) in [4.78, 5) is 18.9. The van der Waals surface area contributed by atoms with Crippen molar-refractivity contribution in [1.82, 2.24) is 9.97 Å². The highest BCUT2D eigenvalue weighted by Gasteiger charge is 2.36. The third kappa shape index (κ3) is 4.57. The molecule has 2 aromatic carbocycles. The Balaban J connectivity index is 1.99. The summed E-state index contributed by atoms with van der Waals surface area (Å²) in [6, 6.07) is 10.1. The van der Waals surface area contributed by atoms with Crippen LogP contribution in [-0.2, 0) is 6.18 Å². The Morgan fingerprint density at radius 2 is 1.69 bits per heavy atom. The van der Waals surface area contributed by atoms with Gasteiger partial charge in [-0.15, -0.1) is 0 Å². The summed E-state index contributed by atoms with van der Waals surface area (Å²) < 4.78 is 53.3. The maximum Gasteiger partial charge on any atom is 0.421 e. The number of rotatable bonds is 5. The minimum atomic E-state index is -4.72. The van der Waals surface area contributed by atoms with Crippen LogP contribution in [0.5, 0.6) is 0 Å². The molecule has 0 unspecified atom stereocenters. The zero-order valence-electron chi connectivity index (χ0n) is 14.8. The van der Waals surface area contributed by atoms with Crippen LogP contribution in [0.3, 0.4) is 0 Å². The number of non-ortho nitro benzene ring substituents is 1. The lowest BCUT2D eigenvalue weighted by Crippen LogP contribution is -2.19. The maximum atomic E-state index is 13.4. The van der Waals surface area contributed by atoms with Gasteiger partial charge in [-0.25, -0.2) is 9.37 Å². The van der Waals surface area contributed by atoms with Gasteiger partial charge in [0.25, 0.3) is 5.69 Å². The smallest absolute Gasteiger partial charge is 0.329 e. The molecule has 0 radical (unpaired) electrons. The van der Waals surface area contributed by atoms with Crippen molar-refractivity contribution in [2.24, 2.45) is 0 Å². The van der Waals surface area contributed by atoms with Crippen molar-refractivity contribution in [2.75, 3.05) is 17.3 Å². The Labute approximate surface area is 161 Å². The molecule has 0 amide bonds. The Morgan fingerprint density at radius 1 is 1.07 bits per heavy atom. The third-order valence-electron chi connectivity index (χ3n) is 3.94. The number of aromatic nitrogens is 2. The number of nitro benzene ring substituents is 1. The van der Waals surface area contributed by atoms with E-state index in [9.17, 15) is 27.7 Å². The van der Waals surface area contributed by atoms with Gasteiger partial charge >= 0.3 is 6.18 Å². The molecule has 0 spiro atoms. The van der Waals surface area contributed by atoms with Crippen LogP contribution >= 0.6 is 0 Å². The van der Waals surface area contributed by atoms with Crippen molar-refractivity contribution < 1.29 is 22.5 Å². The van der Waals surface area contributed by atoms with Crippen LogP contribution in [0.1, 0.15) is 5.56 Å². The standard InChI is InChI=1S/C18H13F4N5O2/c1-26(13-6-8-14(9-7-13)27(28)29)16-15(18(20,21)22)10-23-17(25-16)24-12-4-2-11(19)3-5-12/h2-10H,1H3,(H,23,24,25). The fraction of sp³-hybridized carbons (Fsp3) is 0.111. The van der Waals surface area contributed by atoms with Crippen molar-refractivity contribution in [3.05, 3.63) is 76.2 Å². The lowest BCUT2D eigenvalue weighted by atomic mass is 10.2. The molecule has 0 saturated heterocycles. The lowest BCUT2D eigenvalue weighted by Gasteiger charge is -2.22. The van der Waals surface area contributed by atoms with Gasteiger partial charge in [0, 0.05) is 36.8 Å². The van der Waals surface area contributed by atoms with Crippen LogP contribution < -0.4 is 10.2 Å². The number of anilines is 4. The normalized spacial score (nSPS) is 11.2. The quantitative estimate of drug-likeness (QED) is 0.362. The van der Waals surface area contributed by atoms with E-state index in [1.165, 1.54) is 55.6 Å². The van der Waals surface area contributed by atoms with Gasteiger partial charge in [-0.2, -0.15) is 18.2 Å². The summed E-state index contributed by atoms with van der Waals surface area (Å²) in [6.45, 7) is 0. The van der Waals surface area contributed by atoms with E-state index in [4.69, 9.17) is 0 Å². The van der Waals surface area contributed by atoms with Gasteiger partial charge in [-0.3, -0.25) is 10.1 Å². The summed E-state index contributed by atoms with van der Waals surface area (Å²) >= 11 is 0. The average molecular weight is 407 g/mol. The Kier molecular flexibility index (Phi) is 5.31. The number of nitro groups is 1. The van der Waals surface area contributed by atoms with Gasteiger partial charge in [0.1, 0.15) is 11.4 Å². The van der Waals surface area contributed by atoms with Crippen molar-refractivity contribution in [3.63, 3.8) is 0 Å². The van der Waals surface area contributed by atoms with Crippen molar-refractivity contribution in [2.45, 2.75) is 6.18 Å². The summed E-state index contributed by atoms with van der Waals surface area (Å²) in [5, 5.41) is 13.5. The Hall–Kier alpha value is -3.76. The molecule has 150 valence electrons. The minimum absolute atomic E-state index is 0.131. The molecule has 0 aliphatic rings. The molecule has 0 fully saturated rings. The average Bonchev–Trinajstić information content (AvgIpc) is 2.68. The number of benzene rings is 2. The Morgan fingerprint density at radius 3 is 2.24 bits per heavy atom. The topological polar surface area (TPSA) is 84.2 Å². The molecular weight excluding hydrogens is 394 g/mol. The van der Waals surface area contributed by atoms with E-state index in [1.54, 1.807) is 0 Å². The van der Waals surface area contributed by atoms with E-state index >= 15 is 0 Å². The molecule has 0 aliphatic heterocycles. The van der Waals surface area contributed by atoms with Crippen LogP contribution in [-0.4, -0.2) is 21.9 Å². The highest BCUT2D eigenvalue weighted by Crippen LogP contribution is 2.38. The van der Waals surface area contributed by atoms with E-state index in [1.807, 2.05) is 0 Å². The SMILES string of the molecule is CN(c1ccc([N+](=O)[O-])cc1)c1nc(Nc2ccc(F)cc2)ncc1C(F)(F)F. The van der Waals surface area contributed by atoms with Crippen molar-refractivity contribution in [3.8, 4) is 0 Å². The number of halogens is 4. The summed E-state index contributed by atoms with van der Waals surface area (Å²) in [5.41, 5.74) is -0.634. The van der Waals surface area contributed by atoms with Crippen LogP contribution in [0.15, 0.2) is 54.7 Å². The zero-order valence-corrected chi connectivity index (χ0v) is 14.8. The van der Waals surface area contributed by atoms with Crippen LogP contribution in [0.2, 0.25) is 0 Å². The molecular formula is C18H13F4N5O2. The molecule has 0 bridgehead atoms. The van der Waals surface area contributed by atoms with Gasteiger partial charge in [0.05, 0.1) is 4.92 Å². The van der Waals surface area contributed by atoms with Crippen molar-refractivity contribution >= 4 is 28.8 Å². The van der Waals surface area contributed by atoms with Crippen LogP contribution in [0.4, 0.5) is 46.4 Å². The second kappa shape index (κ2) is 7.70. The second-order valence-electron chi connectivity index (χ2n) is 5.89. The lowest BCUT2D eigenvalue weighted by molar-refractivity contribution is -0.384. The third-order valence-corrected chi connectivity index (χ3v) is 3.94. The number of hydrogen-bond donors (Lipinski definition) is 1. The first kappa shape index (κ1) is 20.0. The molecule has 3 rings (SSSR count). The minimum Gasteiger partial charge on any atom is -0.329 e. The van der Waals surface area contributed by atoms with E-state index < -0.39 is 28.3 Å². The van der Waals surface area contributed by atoms with Crippen molar-refractivity contribution in [1.29, 1.82) is 0 Å². The predicted octanol–water partition coefficient (Wildman–Crippen LogP) is 5.05. The van der Waals surface area contributed by atoms with Gasteiger partial charge in [0.15, 0.2) is 5.82 Å². The molecule has 1 heterocycles. The molecule has 0 aliphatic carbocycles. The fourth-order valence-electron chi connectivity index (χ4n) is 2.47. The number of nitrogens with one attached hydrogen (secondary N) is 1. The fourth-order valence-corrected chi connectivity index (χ4v) is 2.47. The molecule has 11 heteroatoms. The first-order chi connectivity index (χ1) is 13.6. The largest absolute Gasteiger partial charge is 0.421 e. The van der Waals surface area contributed by atoms with Gasteiger partial charge in [0.2, 0.25) is 5.95 Å². The first-order valence-corrected chi connectivity index (χ1v) is 8.10. The van der Waals surface area contributed by atoms with Gasteiger partial charge in [-0.05, 0) is 36.4 Å². The predicted molar refractivity (Wildman–Crippen MR) is 97.9 cm³/mol. The van der Waals surface area contributed by atoms with E-state index in [2.05, 4.69) is 15.3 Å². The molecule has 1 aromatic heterocycles. The highest BCUT2D eigenvalue weighted by molar-refractivity contribution is 5.65. The zero-order chi connectivity index (χ0) is 21.2. The van der Waals surface area contributed by atoms with Crippen LogP contribution in [0, 0.1) is 15.9 Å².